The van der Waals surface area contributed by atoms with Crippen LogP contribution >= 0.6 is 10.7 Å². The summed E-state index contributed by atoms with van der Waals surface area (Å²) in [7, 11) is -2.75. The third-order valence-corrected chi connectivity index (χ3v) is 6.41. The molecule has 2 heterocycles. The molecule has 0 amide bonds. The fourth-order valence-corrected chi connectivity index (χ4v) is 5.20. The van der Waals surface area contributed by atoms with Gasteiger partial charge in [0.05, 0.1) is 6.26 Å². The van der Waals surface area contributed by atoms with E-state index in [1.807, 2.05) is 0 Å². The summed E-state index contributed by atoms with van der Waals surface area (Å²) in [6.07, 6.45) is -1.31. The topological polar surface area (TPSA) is 89.5 Å². The lowest BCUT2D eigenvalue weighted by molar-refractivity contribution is -0.00280. The molecule has 1 N–H and O–H groups in total. The molecule has 2 bridgehead atoms. The van der Waals surface area contributed by atoms with E-state index < -0.39 is 36.3 Å². The highest BCUT2D eigenvalue weighted by molar-refractivity contribution is 8.14. The van der Waals surface area contributed by atoms with Crippen molar-refractivity contribution in [2.45, 2.75) is 48.9 Å². The number of piperidine rings is 2. The van der Waals surface area contributed by atoms with Gasteiger partial charge in [-0.05, 0) is 25.7 Å². The number of rotatable bonds is 3. The standard InChI is InChI=1S/C9H15ClFNO5S2/c1-18(13,14)17-7-5-6-3-2-4-9(12-6,8(7)11)19(10,15)16/h6-8,12H,2-5H2,1H3/t6-,7-,8+,9+/m1/s1. The van der Waals surface area contributed by atoms with Crippen LogP contribution in [-0.4, -0.2) is 46.3 Å². The van der Waals surface area contributed by atoms with Crippen molar-refractivity contribution in [3.8, 4) is 0 Å². The van der Waals surface area contributed by atoms with Gasteiger partial charge < -0.3 is 0 Å². The molecular weight excluding hydrogens is 321 g/mol. The Morgan fingerprint density at radius 2 is 2.00 bits per heavy atom. The minimum Gasteiger partial charge on any atom is -0.292 e. The average Bonchev–Trinajstić information content (AvgIpc) is 2.22. The minimum atomic E-state index is -4.25. The molecule has 19 heavy (non-hydrogen) atoms. The number of fused-ring (bicyclic) bond motifs is 2. The predicted octanol–water partition coefficient (Wildman–Crippen LogP) is 0.480. The fourth-order valence-electron chi connectivity index (χ4n) is 2.83. The van der Waals surface area contributed by atoms with Gasteiger partial charge in [0.1, 0.15) is 6.10 Å². The normalized spacial score (nSPS) is 40.1. The summed E-state index contributed by atoms with van der Waals surface area (Å²) in [6.45, 7) is 0. The summed E-state index contributed by atoms with van der Waals surface area (Å²) in [5.74, 6) is 0. The molecule has 0 radical (unpaired) electrons. The molecule has 2 fully saturated rings. The van der Waals surface area contributed by atoms with E-state index in [1.165, 1.54) is 0 Å². The molecule has 112 valence electrons. The van der Waals surface area contributed by atoms with Gasteiger partial charge >= 0.3 is 0 Å². The molecule has 2 rings (SSSR count). The fraction of sp³-hybridized carbons (Fsp3) is 1.00. The van der Waals surface area contributed by atoms with Crippen molar-refractivity contribution in [2.24, 2.45) is 0 Å². The number of hydrogen-bond donors (Lipinski definition) is 1. The van der Waals surface area contributed by atoms with Crippen LogP contribution in [0, 0.1) is 0 Å². The van der Waals surface area contributed by atoms with E-state index in [-0.39, 0.29) is 18.9 Å². The van der Waals surface area contributed by atoms with Crippen molar-refractivity contribution in [3.63, 3.8) is 0 Å². The van der Waals surface area contributed by atoms with Crippen LogP contribution in [0.15, 0.2) is 0 Å². The van der Waals surface area contributed by atoms with Gasteiger partial charge in [-0.1, -0.05) is 0 Å². The summed E-state index contributed by atoms with van der Waals surface area (Å²) in [5, 5.41) is 2.70. The number of alkyl halides is 1. The van der Waals surface area contributed by atoms with E-state index in [4.69, 9.17) is 10.7 Å². The molecule has 0 saturated carbocycles. The zero-order chi connectivity index (χ0) is 14.5. The van der Waals surface area contributed by atoms with Gasteiger partial charge in [-0.25, -0.2) is 12.8 Å². The SMILES string of the molecule is CS(=O)(=O)O[C@@H]1C[C@H]2CCC[C@@](S(=O)(=O)Cl)(N2)[C@H]1F. The molecule has 0 aromatic carbocycles. The van der Waals surface area contributed by atoms with E-state index in [1.54, 1.807) is 0 Å². The van der Waals surface area contributed by atoms with Crippen molar-refractivity contribution < 1.29 is 25.4 Å². The second-order valence-electron chi connectivity index (χ2n) is 5.04. The van der Waals surface area contributed by atoms with E-state index in [0.717, 1.165) is 6.26 Å². The van der Waals surface area contributed by atoms with Crippen LogP contribution in [0.3, 0.4) is 0 Å². The number of halogens is 2. The maximum Gasteiger partial charge on any atom is 0.264 e. The lowest BCUT2D eigenvalue weighted by Gasteiger charge is -2.48. The van der Waals surface area contributed by atoms with Crippen LogP contribution in [0.4, 0.5) is 4.39 Å². The second kappa shape index (κ2) is 4.80. The Bertz CT molecular complexity index is 565. The first-order valence-corrected chi connectivity index (χ1v) is 9.92. The van der Waals surface area contributed by atoms with E-state index in [9.17, 15) is 21.2 Å². The highest BCUT2D eigenvalue weighted by Crippen LogP contribution is 2.42. The maximum absolute atomic E-state index is 14.5. The molecule has 2 saturated heterocycles. The minimum absolute atomic E-state index is 0.000121. The third-order valence-electron chi connectivity index (χ3n) is 3.57. The summed E-state index contributed by atoms with van der Waals surface area (Å²) in [5.41, 5.74) is 0. The second-order valence-corrected chi connectivity index (χ2v) is 9.46. The van der Waals surface area contributed by atoms with Gasteiger partial charge in [0, 0.05) is 16.7 Å². The van der Waals surface area contributed by atoms with Crippen molar-refractivity contribution >= 4 is 29.9 Å². The summed E-state index contributed by atoms with van der Waals surface area (Å²) < 4.78 is 64.8. The van der Waals surface area contributed by atoms with Gasteiger partial charge in [0.2, 0.25) is 0 Å². The average molecular weight is 336 g/mol. The van der Waals surface area contributed by atoms with Gasteiger partial charge in [0.25, 0.3) is 19.2 Å². The Balaban J connectivity index is 2.38. The van der Waals surface area contributed by atoms with Crippen molar-refractivity contribution in [2.75, 3.05) is 6.26 Å². The molecule has 0 aliphatic carbocycles. The van der Waals surface area contributed by atoms with E-state index >= 15 is 0 Å². The maximum atomic E-state index is 14.5. The van der Waals surface area contributed by atoms with Crippen LogP contribution < -0.4 is 5.32 Å². The van der Waals surface area contributed by atoms with Gasteiger partial charge in [-0.15, -0.1) is 0 Å². The first kappa shape index (κ1) is 15.4. The Labute approximate surface area is 116 Å². The van der Waals surface area contributed by atoms with Crippen LogP contribution in [0.5, 0.6) is 0 Å². The lowest BCUT2D eigenvalue weighted by atomic mass is 9.83. The Morgan fingerprint density at radius 1 is 1.37 bits per heavy atom. The number of hydrogen-bond acceptors (Lipinski definition) is 6. The Kier molecular flexibility index (Phi) is 3.90. The summed E-state index contributed by atoms with van der Waals surface area (Å²) in [6, 6.07) is -0.318. The molecule has 6 nitrogen and oxygen atoms in total. The molecule has 2 aliphatic rings. The van der Waals surface area contributed by atoms with Crippen LogP contribution in [0.25, 0.3) is 0 Å². The van der Waals surface area contributed by atoms with E-state index in [2.05, 4.69) is 9.50 Å². The zero-order valence-electron chi connectivity index (χ0n) is 10.2. The highest BCUT2D eigenvalue weighted by Gasteiger charge is 2.59. The molecule has 0 aromatic heterocycles. The monoisotopic (exact) mass is 335 g/mol. The van der Waals surface area contributed by atoms with Crippen LogP contribution in [0.2, 0.25) is 0 Å². The Morgan fingerprint density at radius 3 is 2.53 bits per heavy atom. The summed E-state index contributed by atoms with van der Waals surface area (Å²) >= 11 is 0. The van der Waals surface area contributed by atoms with Gasteiger partial charge in [0.15, 0.2) is 11.0 Å². The molecule has 0 aromatic rings. The first-order valence-electron chi connectivity index (χ1n) is 5.79. The largest absolute Gasteiger partial charge is 0.292 e. The highest BCUT2D eigenvalue weighted by atomic mass is 35.7. The molecule has 10 heteroatoms. The lowest BCUT2D eigenvalue weighted by Crippen LogP contribution is -2.69. The van der Waals surface area contributed by atoms with E-state index in [0.29, 0.717) is 12.8 Å². The van der Waals surface area contributed by atoms with Crippen molar-refractivity contribution in [1.29, 1.82) is 0 Å². The molecule has 2 aliphatic heterocycles. The quantitative estimate of drug-likeness (QED) is 0.596. The van der Waals surface area contributed by atoms with Crippen molar-refractivity contribution in [3.05, 3.63) is 0 Å². The first-order chi connectivity index (χ1) is 8.55. The molecule has 0 spiro atoms. The molecular formula is C9H15ClFNO5S2. The van der Waals surface area contributed by atoms with Gasteiger partial charge in [-0.2, -0.15) is 8.42 Å². The third kappa shape index (κ3) is 2.90. The summed E-state index contributed by atoms with van der Waals surface area (Å²) in [4.78, 5) is -1.95. The van der Waals surface area contributed by atoms with Crippen LogP contribution in [-0.2, 0) is 23.4 Å². The number of nitrogens with one attached hydrogen (secondary N) is 1. The molecule has 0 unspecified atom stereocenters. The van der Waals surface area contributed by atoms with Gasteiger partial charge in [-0.3, -0.25) is 9.50 Å². The zero-order valence-corrected chi connectivity index (χ0v) is 12.6. The van der Waals surface area contributed by atoms with Crippen molar-refractivity contribution in [1.82, 2.24) is 5.32 Å². The molecule has 4 atom stereocenters. The Hall–Kier alpha value is 0.0400. The van der Waals surface area contributed by atoms with Crippen LogP contribution in [0.1, 0.15) is 25.7 Å². The smallest absolute Gasteiger partial charge is 0.264 e. The predicted molar refractivity (Wildman–Crippen MR) is 67.5 cm³/mol.